The van der Waals surface area contributed by atoms with E-state index in [4.69, 9.17) is 4.42 Å². The van der Waals surface area contributed by atoms with E-state index in [1.54, 1.807) is 10.8 Å². The van der Waals surface area contributed by atoms with Gasteiger partial charge in [0.15, 0.2) is 0 Å². The zero-order valence-corrected chi connectivity index (χ0v) is 8.43. The standard InChI is InChI=1S/C8H12OS2/c1-3-7-4-9-5-8(7)6-11-10-2/h4-5H,3,6H2,1-2H3. The molecule has 0 fully saturated rings. The van der Waals surface area contributed by atoms with E-state index >= 15 is 0 Å². The first-order chi connectivity index (χ1) is 5.38. The zero-order chi connectivity index (χ0) is 8.10. The van der Waals surface area contributed by atoms with Crippen molar-refractivity contribution in [2.24, 2.45) is 0 Å². The molecule has 0 atom stereocenters. The van der Waals surface area contributed by atoms with Crippen LogP contribution < -0.4 is 0 Å². The first-order valence-electron chi connectivity index (χ1n) is 3.58. The molecule has 3 heteroatoms. The molecule has 0 radical (unpaired) electrons. The van der Waals surface area contributed by atoms with Crippen LogP contribution >= 0.6 is 21.6 Å². The molecule has 0 aliphatic heterocycles. The van der Waals surface area contributed by atoms with Crippen LogP contribution in [0.3, 0.4) is 0 Å². The van der Waals surface area contributed by atoms with Gasteiger partial charge in [-0.05, 0) is 18.2 Å². The Morgan fingerprint density at radius 2 is 2.09 bits per heavy atom. The Morgan fingerprint density at radius 1 is 1.36 bits per heavy atom. The summed E-state index contributed by atoms with van der Waals surface area (Å²) in [7, 11) is 3.65. The molecule has 0 aliphatic carbocycles. The largest absolute Gasteiger partial charge is 0.472 e. The molecule has 1 aromatic rings. The first kappa shape index (κ1) is 9.07. The lowest BCUT2D eigenvalue weighted by Gasteiger charge is -1.96. The lowest BCUT2D eigenvalue weighted by Crippen LogP contribution is -1.82. The van der Waals surface area contributed by atoms with Crippen molar-refractivity contribution in [2.45, 2.75) is 19.1 Å². The molecular formula is C8H12OS2. The molecule has 0 amide bonds. The molecule has 0 saturated heterocycles. The molecule has 0 bridgehead atoms. The molecule has 1 heterocycles. The third kappa shape index (κ3) is 2.49. The van der Waals surface area contributed by atoms with Crippen LogP contribution in [-0.2, 0) is 12.2 Å². The molecule has 11 heavy (non-hydrogen) atoms. The summed E-state index contributed by atoms with van der Waals surface area (Å²) in [5.41, 5.74) is 2.68. The smallest absolute Gasteiger partial charge is 0.0946 e. The molecule has 1 rings (SSSR count). The second-order valence-corrected chi connectivity index (χ2v) is 4.77. The van der Waals surface area contributed by atoms with Gasteiger partial charge < -0.3 is 4.42 Å². The van der Waals surface area contributed by atoms with E-state index in [2.05, 4.69) is 13.2 Å². The van der Waals surface area contributed by atoms with Crippen LogP contribution in [0.25, 0.3) is 0 Å². The fourth-order valence-electron chi connectivity index (χ4n) is 0.909. The van der Waals surface area contributed by atoms with Crippen molar-refractivity contribution >= 4 is 21.6 Å². The summed E-state index contributed by atoms with van der Waals surface area (Å²) >= 11 is 0. The second-order valence-electron chi connectivity index (χ2n) is 2.20. The summed E-state index contributed by atoms with van der Waals surface area (Å²) in [6.07, 6.45) is 6.86. The molecular weight excluding hydrogens is 176 g/mol. The van der Waals surface area contributed by atoms with Gasteiger partial charge in [0.05, 0.1) is 12.5 Å². The zero-order valence-electron chi connectivity index (χ0n) is 6.79. The molecule has 1 nitrogen and oxygen atoms in total. The van der Waals surface area contributed by atoms with Gasteiger partial charge in [-0.15, -0.1) is 0 Å². The molecule has 0 spiro atoms. The number of hydrogen-bond acceptors (Lipinski definition) is 3. The minimum atomic E-state index is 1.06. The summed E-state index contributed by atoms with van der Waals surface area (Å²) in [4.78, 5) is 0. The lowest BCUT2D eigenvalue weighted by molar-refractivity contribution is 0.562. The van der Waals surface area contributed by atoms with E-state index in [1.165, 1.54) is 11.1 Å². The number of rotatable bonds is 4. The van der Waals surface area contributed by atoms with Crippen LogP contribution in [0.15, 0.2) is 16.9 Å². The summed E-state index contributed by atoms with van der Waals surface area (Å²) in [6, 6.07) is 0. The van der Waals surface area contributed by atoms with E-state index < -0.39 is 0 Å². The summed E-state index contributed by atoms with van der Waals surface area (Å²) < 4.78 is 5.11. The van der Waals surface area contributed by atoms with Crippen LogP contribution in [0.5, 0.6) is 0 Å². The Kier molecular flexibility index (Phi) is 3.94. The highest BCUT2D eigenvalue weighted by Crippen LogP contribution is 2.25. The van der Waals surface area contributed by atoms with E-state index in [9.17, 15) is 0 Å². The second kappa shape index (κ2) is 4.78. The van der Waals surface area contributed by atoms with Crippen molar-refractivity contribution in [1.29, 1.82) is 0 Å². The minimum absolute atomic E-state index is 1.06. The van der Waals surface area contributed by atoms with E-state index in [1.807, 2.05) is 23.3 Å². The molecule has 0 aliphatic rings. The molecule has 0 saturated carbocycles. The third-order valence-electron chi connectivity index (χ3n) is 1.55. The molecule has 0 N–H and O–H groups in total. The van der Waals surface area contributed by atoms with Gasteiger partial charge in [0.2, 0.25) is 0 Å². The maximum atomic E-state index is 5.11. The Bertz CT molecular complexity index is 208. The summed E-state index contributed by atoms with van der Waals surface area (Å²) in [6.45, 7) is 2.15. The number of aryl methyl sites for hydroxylation is 1. The quantitative estimate of drug-likeness (QED) is 0.673. The first-order valence-corrected chi connectivity index (χ1v) is 6.30. The number of hydrogen-bond donors (Lipinski definition) is 0. The lowest BCUT2D eigenvalue weighted by atomic mass is 10.2. The fourth-order valence-corrected chi connectivity index (χ4v) is 2.14. The fraction of sp³-hybridized carbons (Fsp3) is 0.500. The van der Waals surface area contributed by atoms with Gasteiger partial charge in [-0.25, -0.2) is 0 Å². The minimum Gasteiger partial charge on any atom is -0.472 e. The highest BCUT2D eigenvalue weighted by Gasteiger charge is 2.01. The van der Waals surface area contributed by atoms with Gasteiger partial charge in [-0.3, -0.25) is 0 Å². The van der Waals surface area contributed by atoms with Gasteiger partial charge in [0.1, 0.15) is 0 Å². The van der Waals surface area contributed by atoms with Crippen molar-refractivity contribution in [3.63, 3.8) is 0 Å². The predicted octanol–water partition coefficient (Wildman–Crippen LogP) is 3.35. The van der Waals surface area contributed by atoms with Crippen LogP contribution in [0.4, 0.5) is 0 Å². The topological polar surface area (TPSA) is 13.1 Å². The average Bonchev–Trinajstić information content (AvgIpc) is 2.47. The van der Waals surface area contributed by atoms with Gasteiger partial charge >= 0.3 is 0 Å². The van der Waals surface area contributed by atoms with Crippen molar-refractivity contribution in [1.82, 2.24) is 0 Å². The van der Waals surface area contributed by atoms with Crippen molar-refractivity contribution in [3.8, 4) is 0 Å². The van der Waals surface area contributed by atoms with Crippen LogP contribution in [-0.4, -0.2) is 6.26 Å². The Morgan fingerprint density at radius 3 is 2.73 bits per heavy atom. The van der Waals surface area contributed by atoms with Gasteiger partial charge in [0.25, 0.3) is 0 Å². The highest BCUT2D eigenvalue weighted by molar-refractivity contribution is 8.76. The van der Waals surface area contributed by atoms with Crippen LogP contribution in [0.2, 0.25) is 0 Å². The Balaban J connectivity index is 2.54. The average molecular weight is 188 g/mol. The van der Waals surface area contributed by atoms with E-state index in [0.717, 1.165) is 12.2 Å². The van der Waals surface area contributed by atoms with Gasteiger partial charge in [0, 0.05) is 11.3 Å². The monoisotopic (exact) mass is 188 g/mol. The van der Waals surface area contributed by atoms with Crippen molar-refractivity contribution in [2.75, 3.05) is 6.26 Å². The van der Waals surface area contributed by atoms with Crippen LogP contribution in [0.1, 0.15) is 18.1 Å². The van der Waals surface area contributed by atoms with Crippen molar-refractivity contribution < 1.29 is 4.42 Å². The highest BCUT2D eigenvalue weighted by atomic mass is 33.1. The van der Waals surface area contributed by atoms with Crippen LogP contribution in [0, 0.1) is 0 Å². The van der Waals surface area contributed by atoms with Gasteiger partial charge in [-0.1, -0.05) is 28.5 Å². The Hall–Kier alpha value is -0.0200. The summed E-state index contributed by atoms with van der Waals surface area (Å²) in [5.74, 6) is 1.06. The maximum absolute atomic E-state index is 5.11. The normalized spacial score (nSPS) is 10.4. The molecule has 0 aromatic carbocycles. The third-order valence-corrected chi connectivity index (χ3v) is 3.27. The summed E-state index contributed by atoms with van der Waals surface area (Å²) in [5, 5.41) is 0. The maximum Gasteiger partial charge on any atom is 0.0946 e. The SMILES string of the molecule is CCc1cocc1CSSC. The molecule has 0 unspecified atom stereocenters. The molecule has 1 aromatic heterocycles. The van der Waals surface area contributed by atoms with Gasteiger partial charge in [-0.2, -0.15) is 0 Å². The van der Waals surface area contributed by atoms with E-state index in [-0.39, 0.29) is 0 Å². The Labute approximate surface area is 75.3 Å². The van der Waals surface area contributed by atoms with E-state index in [0.29, 0.717) is 0 Å². The van der Waals surface area contributed by atoms with Crippen molar-refractivity contribution in [3.05, 3.63) is 23.7 Å². The predicted molar refractivity (Wildman–Crippen MR) is 52.9 cm³/mol. The molecule has 62 valence electrons. The number of furan rings is 1.